The third-order valence-electron chi connectivity index (χ3n) is 2.72. The summed E-state index contributed by atoms with van der Waals surface area (Å²) in [5, 5.41) is 11.5. The van der Waals surface area contributed by atoms with E-state index < -0.39 is 0 Å². The summed E-state index contributed by atoms with van der Waals surface area (Å²) in [6.07, 6.45) is 4.55. The molecule has 0 fully saturated rings. The molecule has 4 N–H and O–H groups in total. The molecule has 0 aliphatic rings. The van der Waals surface area contributed by atoms with E-state index in [0.717, 1.165) is 25.1 Å². The molecule has 0 amide bonds. The van der Waals surface area contributed by atoms with E-state index in [-0.39, 0.29) is 17.8 Å². The fourth-order valence-electron chi connectivity index (χ4n) is 1.05. The molecule has 4 heteroatoms. The average Bonchev–Trinajstić information content (AvgIpc) is 2.39. The van der Waals surface area contributed by atoms with Crippen molar-refractivity contribution in [1.29, 1.82) is 0 Å². The fraction of sp³-hybridized carbons (Fsp3) is 0.812. The number of carbonyl (C=O) groups excluding carboxylic acids is 1. The number of carbonyl (C=O) groups is 1. The normalized spacial score (nSPS) is 10.7. The number of ketones is 1. The van der Waals surface area contributed by atoms with Crippen LogP contribution in [0, 0.1) is 5.41 Å². The van der Waals surface area contributed by atoms with Crippen LogP contribution in [0.4, 0.5) is 0 Å². The predicted octanol–water partition coefficient (Wildman–Crippen LogP) is 3.21. The average molecular weight is 288 g/mol. The number of nitrogens with one attached hydrogen (secondary N) is 1. The smallest absolute Gasteiger partial charge is 0.135 e. The lowest BCUT2D eigenvalue weighted by atomic mass is 9.86. The van der Waals surface area contributed by atoms with E-state index in [1.54, 1.807) is 6.92 Å². The number of nitrogens with two attached hydrogens (primary N) is 1. The van der Waals surface area contributed by atoms with Gasteiger partial charge in [-0.15, -0.1) is 0 Å². The van der Waals surface area contributed by atoms with Gasteiger partial charge in [0.05, 0.1) is 0 Å². The molecule has 0 rings (SSSR count). The van der Waals surface area contributed by atoms with Crippen LogP contribution >= 0.6 is 0 Å². The summed E-state index contributed by atoms with van der Waals surface area (Å²) in [7, 11) is 0. The summed E-state index contributed by atoms with van der Waals surface area (Å²) < 4.78 is 0. The second-order valence-corrected chi connectivity index (χ2v) is 4.94. The van der Waals surface area contributed by atoms with Crippen LogP contribution in [0.3, 0.4) is 0 Å². The van der Waals surface area contributed by atoms with Gasteiger partial charge in [-0.25, -0.2) is 0 Å². The van der Waals surface area contributed by atoms with E-state index in [9.17, 15) is 4.79 Å². The standard InChI is InChI=1S/C7H16N2.C7H14O2.C2H6/c1-3-5-7(8)6-9-4-2;1-6(9)7(2,3)4-5-8;1-2/h6,9H,3-5,8H2,1-2H3;8H,4-5H2,1-3H3;1-2H3/b7-6-;;. The Hall–Kier alpha value is -1.03. The zero-order chi connectivity index (χ0) is 16.6. The van der Waals surface area contributed by atoms with Gasteiger partial charge in [-0.1, -0.05) is 41.0 Å². The Balaban J connectivity index is -0.000000257. The lowest BCUT2D eigenvalue weighted by Crippen LogP contribution is -2.22. The van der Waals surface area contributed by atoms with Crippen molar-refractivity contribution < 1.29 is 9.90 Å². The van der Waals surface area contributed by atoms with Gasteiger partial charge in [-0.05, 0) is 26.7 Å². The van der Waals surface area contributed by atoms with Crippen LogP contribution in [0.2, 0.25) is 0 Å². The first-order valence-electron chi connectivity index (χ1n) is 7.61. The molecule has 0 aromatic heterocycles. The highest BCUT2D eigenvalue weighted by atomic mass is 16.3. The summed E-state index contributed by atoms with van der Waals surface area (Å²) in [5.41, 5.74) is 6.17. The molecule has 20 heavy (non-hydrogen) atoms. The highest BCUT2D eigenvalue weighted by molar-refractivity contribution is 5.81. The molecule has 0 atom stereocenters. The van der Waals surface area contributed by atoms with Crippen LogP contribution in [-0.2, 0) is 4.79 Å². The maximum atomic E-state index is 10.7. The SMILES string of the molecule is CC.CC(=O)C(C)(C)CCO.CCC/C(N)=C/NCC. The van der Waals surface area contributed by atoms with Gasteiger partial charge < -0.3 is 16.2 Å². The highest BCUT2D eigenvalue weighted by Gasteiger charge is 2.21. The Labute approximate surface area is 125 Å². The van der Waals surface area contributed by atoms with E-state index in [2.05, 4.69) is 19.2 Å². The van der Waals surface area contributed by atoms with Crippen LogP contribution < -0.4 is 11.1 Å². The van der Waals surface area contributed by atoms with Gasteiger partial charge in [0.15, 0.2) is 0 Å². The number of aliphatic hydroxyl groups excluding tert-OH is 1. The molecule has 122 valence electrons. The summed E-state index contributed by atoms with van der Waals surface area (Å²) in [6, 6.07) is 0. The van der Waals surface area contributed by atoms with Gasteiger partial charge in [0.25, 0.3) is 0 Å². The van der Waals surface area contributed by atoms with E-state index in [1.807, 2.05) is 33.9 Å². The van der Waals surface area contributed by atoms with E-state index in [4.69, 9.17) is 10.8 Å². The molecule has 0 spiro atoms. The van der Waals surface area contributed by atoms with Crippen LogP contribution in [0.15, 0.2) is 11.9 Å². The molecule has 0 unspecified atom stereocenters. The Morgan fingerprint density at radius 3 is 2.05 bits per heavy atom. The molecule has 0 bridgehead atoms. The van der Waals surface area contributed by atoms with Crippen molar-refractivity contribution in [3.05, 3.63) is 11.9 Å². The largest absolute Gasteiger partial charge is 0.401 e. The maximum absolute atomic E-state index is 10.7. The molecule has 0 radical (unpaired) electrons. The first-order chi connectivity index (χ1) is 9.31. The van der Waals surface area contributed by atoms with E-state index in [1.165, 1.54) is 0 Å². The first-order valence-corrected chi connectivity index (χ1v) is 7.61. The maximum Gasteiger partial charge on any atom is 0.135 e. The van der Waals surface area contributed by atoms with Gasteiger partial charge in [-0.2, -0.15) is 0 Å². The zero-order valence-corrected chi connectivity index (χ0v) is 14.5. The van der Waals surface area contributed by atoms with Crippen molar-refractivity contribution in [3.63, 3.8) is 0 Å². The van der Waals surface area contributed by atoms with Crippen molar-refractivity contribution >= 4 is 5.78 Å². The zero-order valence-electron chi connectivity index (χ0n) is 14.5. The predicted molar refractivity (Wildman–Crippen MR) is 88.4 cm³/mol. The molecular formula is C16H36N2O2. The molecule has 0 aromatic carbocycles. The number of hydrogen-bond donors (Lipinski definition) is 3. The number of aliphatic hydroxyl groups is 1. The van der Waals surface area contributed by atoms with Crippen molar-refractivity contribution in [1.82, 2.24) is 5.32 Å². The molecule has 0 heterocycles. The Kier molecular flexibility index (Phi) is 19.2. The Bertz CT molecular complexity index is 249. The summed E-state index contributed by atoms with van der Waals surface area (Å²) in [4.78, 5) is 10.7. The molecule has 0 aliphatic carbocycles. The van der Waals surface area contributed by atoms with Crippen molar-refractivity contribution in [2.24, 2.45) is 11.1 Å². The third-order valence-corrected chi connectivity index (χ3v) is 2.72. The number of allylic oxidation sites excluding steroid dienone is 1. The highest BCUT2D eigenvalue weighted by Crippen LogP contribution is 2.19. The number of rotatable bonds is 7. The second-order valence-electron chi connectivity index (χ2n) is 4.94. The lowest BCUT2D eigenvalue weighted by Gasteiger charge is -2.18. The molecule has 0 saturated heterocycles. The van der Waals surface area contributed by atoms with Crippen molar-refractivity contribution in [2.45, 2.75) is 67.7 Å². The summed E-state index contributed by atoms with van der Waals surface area (Å²) >= 11 is 0. The van der Waals surface area contributed by atoms with Crippen molar-refractivity contribution in [3.8, 4) is 0 Å². The topological polar surface area (TPSA) is 75.3 Å². The summed E-state index contributed by atoms with van der Waals surface area (Å²) in [6.45, 7) is 14.4. The van der Waals surface area contributed by atoms with Gasteiger partial charge in [0.2, 0.25) is 0 Å². The van der Waals surface area contributed by atoms with Crippen LogP contribution in [0.5, 0.6) is 0 Å². The van der Waals surface area contributed by atoms with E-state index >= 15 is 0 Å². The Morgan fingerprint density at radius 1 is 1.30 bits per heavy atom. The quantitative estimate of drug-likeness (QED) is 0.672. The molecule has 0 aromatic rings. The monoisotopic (exact) mass is 288 g/mol. The fourth-order valence-corrected chi connectivity index (χ4v) is 1.05. The number of hydrogen-bond acceptors (Lipinski definition) is 4. The van der Waals surface area contributed by atoms with Gasteiger partial charge in [0.1, 0.15) is 5.78 Å². The Morgan fingerprint density at radius 2 is 1.80 bits per heavy atom. The molecule has 4 nitrogen and oxygen atoms in total. The minimum absolute atomic E-state index is 0.0899. The van der Waals surface area contributed by atoms with Crippen LogP contribution in [-0.4, -0.2) is 24.0 Å². The van der Waals surface area contributed by atoms with Gasteiger partial charge in [-0.3, -0.25) is 4.79 Å². The van der Waals surface area contributed by atoms with Crippen molar-refractivity contribution in [2.75, 3.05) is 13.2 Å². The first kappa shape index (κ1) is 24.0. The van der Waals surface area contributed by atoms with Crippen LogP contribution in [0.1, 0.15) is 67.7 Å². The molecule has 0 aliphatic heterocycles. The minimum Gasteiger partial charge on any atom is -0.401 e. The molecular weight excluding hydrogens is 252 g/mol. The van der Waals surface area contributed by atoms with E-state index in [0.29, 0.717) is 6.42 Å². The van der Waals surface area contributed by atoms with Crippen LogP contribution in [0.25, 0.3) is 0 Å². The minimum atomic E-state index is -0.339. The van der Waals surface area contributed by atoms with Gasteiger partial charge >= 0.3 is 0 Å². The third kappa shape index (κ3) is 17.0. The van der Waals surface area contributed by atoms with Gasteiger partial charge in [0, 0.05) is 30.5 Å². The molecule has 0 saturated carbocycles. The number of Topliss-reactive ketones (excluding diaryl/α,β-unsaturated/α-hetero) is 1. The second kappa shape index (κ2) is 16.0. The summed E-state index contributed by atoms with van der Waals surface area (Å²) in [5.74, 6) is 0.136. The lowest BCUT2D eigenvalue weighted by molar-refractivity contribution is -0.125.